The summed E-state index contributed by atoms with van der Waals surface area (Å²) < 4.78 is 11.9. The topological polar surface area (TPSA) is 59.6 Å². The number of hydrogen-bond donors (Lipinski definition) is 2. The van der Waals surface area contributed by atoms with Crippen molar-refractivity contribution in [3.8, 4) is 11.5 Å². The third-order valence-corrected chi connectivity index (χ3v) is 4.87. The number of ether oxygens (including phenoxy) is 2. The molecule has 0 fully saturated rings. The minimum absolute atomic E-state index is 0.100. The molecule has 0 aliphatic rings. The molecule has 2 amide bonds. The molecule has 0 atom stereocenters. The second kappa shape index (κ2) is 10.4. The van der Waals surface area contributed by atoms with Crippen molar-refractivity contribution in [2.75, 3.05) is 20.3 Å². The van der Waals surface area contributed by atoms with E-state index in [2.05, 4.69) is 59.5 Å². The smallest absolute Gasteiger partial charge is 0.315 e. The fourth-order valence-corrected chi connectivity index (χ4v) is 3.06. The molecule has 2 rings (SSSR count). The quantitative estimate of drug-likeness (QED) is 0.557. The zero-order chi connectivity index (χ0) is 20.6. The summed E-state index contributed by atoms with van der Waals surface area (Å²) in [4.78, 5) is 11.9. The summed E-state index contributed by atoms with van der Waals surface area (Å²) in [5.74, 6) is 1.59. The van der Waals surface area contributed by atoms with Crippen molar-refractivity contribution >= 4 is 22.0 Å². The third-order valence-electron chi connectivity index (χ3n) is 4.25. The summed E-state index contributed by atoms with van der Waals surface area (Å²) in [6.45, 7) is 8.07. The van der Waals surface area contributed by atoms with Gasteiger partial charge in [-0.25, -0.2) is 4.79 Å². The summed E-state index contributed by atoms with van der Waals surface area (Å²) >= 11 is 3.57. The lowest BCUT2D eigenvalue weighted by atomic mass is 9.87. The van der Waals surface area contributed by atoms with Gasteiger partial charge in [0.1, 0.15) is 11.5 Å². The molecule has 28 heavy (non-hydrogen) atoms. The van der Waals surface area contributed by atoms with E-state index < -0.39 is 0 Å². The Balaban J connectivity index is 1.66. The van der Waals surface area contributed by atoms with Crippen LogP contribution in [0.5, 0.6) is 11.5 Å². The van der Waals surface area contributed by atoms with Crippen LogP contribution in [0.4, 0.5) is 4.79 Å². The normalized spacial score (nSPS) is 11.0. The Bertz CT molecular complexity index is 788. The number of urea groups is 1. The number of carbonyl (C=O) groups is 1. The molecule has 0 spiro atoms. The van der Waals surface area contributed by atoms with E-state index in [1.807, 2.05) is 30.3 Å². The van der Waals surface area contributed by atoms with E-state index in [0.717, 1.165) is 28.0 Å². The molecule has 5 nitrogen and oxygen atoms in total. The second-order valence-electron chi connectivity index (χ2n) is 7.56. The van der Waals surface area contributed by atoms with E-state index >= 15 is 0 Å². The summed E-state index contributed by atoms with van der Waals surface area (Å²) in [5, 5.41) is 5.67. The van der Waals surface area contributed by atoms with Gasteiger partial charge in [0.15, 0.2) is 0 Å². The van der Waals surface area contributed by atoms with Crippen molar-refractivity contribution in [3.63, 3.8) is 0 Å². The van der Waals surface area contributed by atoms with Crippen LogP contribution in [-0.2, 0) is 12.0 Å². The number of hydrogen-bond acceptors (Lipinski definition) is 3. The molecule has 0 bridgehead atoms. The first kappa shape index (κ1) is 22.1. The fourth-order valence-electron chi connectivity index (χ4n) is 2.57. The number of benzene rings is 2. The highest BCUT2D eigenvalue weighted by Crippen LogP contribution is 2.31. The highest BCUT2D eigenvalue weighted by atomic mass is 79.9. The zero-order valence-electron chi connectivity index (χ0n) is 17.0. The average molecular weight is 449 g/mol. The first-order valence-electron chi connectivity index (χ1n) is 9.37. The number of methoxy groups -OCH3 is 1. The number of nitrogens with one attached hydrogen (secondary N) is 2. The van der Waals surface area contributed by atoms with Gasteiger partial charge in [-0.1, -0.05) is 39.0 Å². The highest BCUT2D eigenvalue weighted by Gasteiger charge is 2.15. The molecule has 0 aromatic heterocycles. The Labute approximate surface area is 175 Å². The largest absolute Gasteiger partial charge is 0.497 e. The van der Waals surface area contributed by atoms with Gasteiger partial charge in [-0.3, -0.25) is 0 Å². The van der Waals surface area contributed by atoms with Gasteiger partial charge in [0.2, 0.25) is 0 Å². The molecule has 0 radical (unpaired) electrons. The standard InChI is InChI=1S/C22H29BrN2O3/c1-22(2,3)17-9-10-20(19(23)14-17)28-12-6-11-24-21(26)25-15-16-7-5-8-18(13-16)27-4/h5,7-10,13-14H,6,11-12,15H2,1-4H3,(H2,24,25,26). The number of carbonyl (C=O) groups excluding carboxylic acids is 1. The Morgan fingerprint density at radius 1 is 1.11 bits per heavy atom. The van der Waals surface area contributed by atoms with E-state index in [0.29, 0.717) is 19.7 Å². The maximum Gasteiger partial charge on any atom is 0.315 e. The number of rotatable bonds is 8. The lowest BCUT2D eigenvalue weighted by Gasteiger charge is -2.20. The summed E-state index contributed by atoms with van der Waals surface area (Å²) in [6.07, 6.45) is 0.722. The second-order valence-corrected chi connectivity index (χ2v) is 8.41. The Hall–Kier alpha value is -2.21. The van der Waals surface area contributed by atoms with Crippen LogP contribution in [0.15, 0.2) is 46.9 Å². The van der Waals surface area contributed by atoms with Crippen molar-refractivity contribution in [2.24, 2.45) is 0 Å². The maximum absolute atomic E-state index is 11.9. The average Bonchev–Trinajstić information content (AvgIpc) is 2.66. The monoisotopic (exact) mass is 448 g/mol. The molecular weight excluding hydrogens is 420 g/mol. The van der Waals surface area contributed by atoms with Gasteiger partial charge >= 0.3 is 6.03 Å². The highest BCUT2D eigenvalue weighted by molar-refractivity contribution is 9.10. The molecule has 2 aromatic carbocycles. The molecule has 0 saturated heterocycles. The molecule has 6 heteroatoms. The summed E-state index contributed by atoms with van der Waals surface area (Å²) in [6, 6.07) is 13.6. The zero-order valence-corrected chi connectivity index (χ0v) is 18.6. The van der Waals surface area contributed by atoms with E-state index in [-0.39, 0.29) is 11.4 Å². The van der Waals surface area contributed by atoms with Crippen molar-refractivity contribution in [1.82, 2.24) is 10.6 Å². The minimum atomic E-state index is -0.196. The number of amides is 2. The molecule has 0 aliphatic heterocycles. The van der Waals surface area contributed by atoms with Gasteiger partial charge in [-0.15, -0.1) is 0 Å². The Morgan fingerprint density at radius 3 is 2.57 bits per heavy atom. The van der Waals surface area contributed by atoms with Gasteiger partial charge in [0, 0.05) is 13.1 Å². The molecule has 0 unspecified atom stereocenters. The van der Waals surface area contributed by atoms with Crippen molar-refractivity contribution < 1.29 is 14.3 Å². The van der Waals surface area contributed by atoms with Crippen LogP contribution in [0.2, 0.25) is 0 Å². The van der Waals surface area contributed by atoms with Gasteiger partial charge < -0.3 is 20.1 Å². The van der Waals surface area contributed by atoms with E-state index in [1.165, 1.54) is 5.56 Å². The predicted octanol–water partition coefficient (Wildman–Crippen LogP) is 5.02. The van der Waals surface area contributed by atoms with Crippen LogP contribution in [0.25, 0.3) is 0 Å². The Kier molecular flexibility index (Phi) is 8.18. The molecule has 152 valence electrons. The minimum Gasteiger partial charge on any atom is -0.497 e. The third kappa shape index (κ3) is 7.08. The van der Waals surface area contributed by atoms with Crippen LogP contribution in [0.1, 0.15) is 38.3 Å². The van der Waals surface area contributed by atoms with Crippen LogP contribution in [0, 0.1) is 0 Å². The first-order chi connectivity index (χ1) is 13.3. The summed E-state index contributed by atoms with van der Waals surface area (Å²) in [7, 11) is 1.62. The van der Waals surface area contributed by atoms with Crippen molar-refractivity contribution in [2.45, 2.75) is 39.2 Å². The van der Waals surface area contributed by atoms with Crippen LogP contribution >= 0.6 is 15.9 Å². The Morgan fingerprint density at radius 2 is 1.89 bits per heavy atom. The van der Waals surface area contributed by atoms with Crippen LogP contribution in [-0.4, -0.2) is 26.3 Å². The lowest BCUT2D eigenvalue weighted by Crippen LogP contribution is -2.36. The molecule has 2 aromatic rings. The first-order valence-corrected chi connectivity index (χ1v) is 10.2. The van der Waals surface area contributed by atoms with Gasteiger partial charge in [0.05, 0.1) is 18.2 Å². The van der Waals surface area contributed by atoms with E-state index in [4.69, 9.17) is 9.47 Å². The van der Waals surface area contributed by atoms with Crippen LogP contribution < -0.4 is 20.1 Å². The number of halogens is 1. The molecular formula is C22H29BrN2O3. The van der Waals surface area contributed by atoms with Gasteiger partial charge in [-0.05, 0) is 63.2 Å². The fraction of sp³-hybridized carbons (Fsp3) is 0.409. The molecule has 0 heterocycles. The van der Waals surface area contributed by atoms with Gasteiger partial charge in [0.25, 0.3) is 0 Å². The maximum atomic E-state index is 11.9. The molecule has 0 aliphatic carbocycles. The SMILES string of the molecule is COc1cccc(CNC(=O)NCCCOc2ccc(C(C)(C)C)cc2Br)c1. The lowest BCUT2D eigenvalue weighted by molar-refractivity contribution is 0.238. The summed E-state index contributed by atoms with van der Waals surface area (Å²) in [5.41, 5.74) is 2.34. The van der Waals surface area contributed by atoms with E-state index in [9.17, 15) is 4.79 Å². The van der Waals surface area contributed by atoms with Crippen LogP contribution in [0.3, 0.4) is 0 Å². The van der Waals surface area contributed by atoms with Crippen molar-refractivity contribution in [1.29, 1.82) is 0 Å². The van der Waals surface area contributed by atoms with Gasteiger partial charge in [-0.2, -0.15) is 0 Å². The van der Waals surface area contributed by atoms with E-state index in [1.54, 1.807) is 7.11 Å². The van der Waals surface area contributed by atoms with Crippen molar-refractivity contribution in [3.05, 3.63) is 58.1 Å². The molecule has 2 N–H and O–H groups in total. The molecule has 0 saturated carbocycles. The predicted molar refractivity (Wildman–Crippen MR) is 116 cm³/mol.